The summed E-state index contributed by atoms with van der Waals surface area (Å²) in [5.41, 5.74) is 1.82. The minimum atomic E-state index is -3.95. The van der Waals surface area contributed by atoms with E-state index in [9.17, 15) is 22.4 Å². The Balaban J connectivity index is 1.86. The number of carbonyl (C=O) groups excluding carboxylic acids is 1. The van der Waals surface area contributed by atoms with E-state index in [0.717, 1.165) is 30.0 Å². The number of benzene rings is 1. The van der Waals surface area contributed by atoms with E-state index in [0.29, 0.717) is 17.1 Å². The molecule has 0 spiro atoms. The smallest absolute Gasteiger partial charge is 0.264 e. The first-order valence-electron chi connectivity index (χ1n) is 9.61. The van der Waals surface area contributed by atoms with Gasteiger partial charge in [-0.1, -0.05) is 12.1 Å². The molecule has 0 aliphatic rings. The third kappa shape index (κ3) is 4.78. The molecule has 11 nitrogen and oxygen atoms in total. The van der Waals surface area contributed by atoms with Gasteiger partial charge in [-0.2, -0.15) is 5.10 Å². The maximum absolute atomic E-state index is 14.8. The van der Waals surface area contributed by atoms with Crippen molar-refractivity contribution in [1.29, 1.82) is 0 Å². The van der Waals surface area contributed by atoms with Crippen molar-refractivity contribution in [3.63, 3.8) is 0 Å². The maximum Gasteiger partial charge on any atom is 0.264 e. The molecule has 13 heteroatoms. The number of sulfone groups is 1. The molecule has 0 saturated carbocycles. The van der Waals surface area contributed by atoms with Crippen molar-refractivity contribution in [2.45, 2.75) is 24.6 Å². The van der Waals surface area contributed by atoms with Crippen molar-refractivity contribution in [2.75, 3.05) is 13.4 Å². The zero-order valence-electron chi connectivity index (χ0n) is 18.0. The van der Waals surface area contributed by atoms with Crippen LogP contribution in [0.5, 0.6) is 5.88 Å². The summed E-state index contributed by atoms with van der Waals surface area (Å²) in [4.78, 5) is 25.8. The molecule has 2 heterocycles. The van der Waals surface area contributed by atoms with Crippen LogP contribution in [0.3, 0.4) is 0 Å². The Bertz CT molecular complexity index is 1340. The fraction of sp³-hybridized carbons (Fsp3) is 0.300. The van der Waals surface area contributed by atoms with Gasteiger partial charge in [0.15, 0.2) is 14.6 Å². The monoisotopic (exact) mass is 479 g/mol. The second-order valence-corrected chi connectivity index (χ2v) is 9.93. The first-order chi connectivity index (χ1) is 15.5. The number of nitrogens with zero attached hydrogens (tertiary/aromatic N) is 4. The Kier molecular flexibility index (Phi) is 6.65. The molecule has 2 aromatic heterocycles. The van der Waals surface area contributed by atoms with Crippen LogP contribution in [0, 0.1) is 5.82 Å². The number of pyridine rings is 1. The van der Waals surface area contributed by atoms with Gasteiger partial charge in [0, 0.05) is 30.6 Å². The fourth-order valence-electron chi connectivity index (χ4n) is 3.10. The number of amides is 1. The lowest BCUT2D eigenvalue weighted by molar-refractivity contribution is -0.131. The van der Waals surface area contributed by atoms with Crippen LogP contribution in [0.2, 0.25) is 0 Å². The van der Waals surface area contributed by atoms with Gasteiger partial charge < -0.3 is 9.30 Å². The van der Waals surface area contributed by atoms with E-state index >= 15 is 0 Å². The van der Waals surface area contributed by atoms with Crippen LogP contribution in [0.1, 0.15) is 13.3 Å². The van der Waals surface area contributed by atoms with Gasteiger partial charge in [0.1, 0.15) is 12.0 Å². The summed E-state index contributed by atoms with van der Waals surface area (Å²) in [6.07, 6.45) is 2.87. The molecule has 33 heavy (non-hydrogen) atoms. The predicted molar refractivity (Wildman–Crippen MR) is 115 cm³/mol. The van der Waals surface area contributed by atoms with Gasteiger partial charge in [0.25, 0.3) is 17.3 Å². The standard InChI is InChI=1S/C20H22FN5O6S/c1-20(19(28)24-29,33(3,30)31)8-9-25-12-16(21)15(10-18(25)27)13-4-6-14(7-5-13)26-22-11-17(23-26)32-2/h4-7,10-12,29H,8-9H2,1-3H3,(H,24,28). The number of carbonyl (C=O) groups is 1. The van der Waals surface area contributed by atoms with Crippen LogP contribution in [-0.2, 0) is 21.2 Å². The highest BCUT2D eigenvalue weighted by molar-refractivity contribution is 7.92. The number of hydrogen-bond donors (Lipinski definition) is 2. The number of methoxy groups -OCH3 is 1. The highest BCUT2D eigenvalue weighted by Crippen LogP contribution is 2.24. The second kappa shape index (κ2) is 9.11. The summed E-state index contributed by atoms with van der Waals surface area (Å²) in [5.74, 6) is -1.52. The summed E-state index contributed by atoms with van der Waals surface area (Å²) in [7, 11) is -2.48. The second-order valence-electron chi connectivity index (χ2n) is 7.48. The van der Waals surface area contributed by atoms with Gasteiger partial charge >= 0.3 is 0 Å². The molecule has 2 N–H and O–H groups in total. The lowest BCUT2D eigenvalue weighted by Gasteiger charge is -2.25. The van der Waals surface area contributed by atoms with Crippen molar-refractivity contribution < 1.29 is 27.5 Å². The summed E-state index contributed by atoms with van der Waals surface area (Å²) in [6.45, 7) is 0.855. The molecule has 0 aliphatic carbocycles. The lowest BCUT2D eigenvalue weighted by atomic mass is 10.0. The molecule has 3 rings (SSSR count). The lowest BCUT2D eigenvalue weighted by Crippen LogP contribution is -2.50. The average Bonchev–Trinajstić information content (AvgIpc) is 3.27. The minimum Gasteiger partial charge on any atom is -0.479 e. The topological polar surface area (TPSA) is 145 Å². The number of nitrogens with one attached hydrogen (secondary N) is 1. The van der Waals surface area contributed by atoms with Crippen LogP contribution >= 0.6 is 0 Å². The molecule has 1 aromatic carbocycles. The van der Waals surface area contributed by atoms with Gasteiger partial charge in [-0.3, -0.25) is 14.8 Å². The molecule has 1 amide bonds. The maximum atomic E-state index is 14.8. The van der Waals surface area contributed by atoms with Crippen molar-refractivity contribution in [3.05, 3.63) is 58.9 Å². The molecular weight excluding hydrogens is 457 g/mol. The number of rotatable bonds is 8. The zero-order valence-corrected chi connectivity index (χ0v) is 18.8. The molecule has 0 fully saturated rings. The molecule has 3 aromatic rings. The van der Waals surface area contributed by atoms with E-state index in [1.54, 1.807) is 24.3 Å². The molecule has 176 valence electrons. The van der Waals surface area contributed by atoms with Crippen LogP contribution in [0.25, 0.3) is 16.8 Å². The minimum absolute atomic E-state index is 0.0489. The van der Waals surface area contributed by atoms with Crippen molar-refractivity contribution in [3.8, 4) is 22.7 Å². The first kappa shape index (κ1) is 24.1. The van der Waals surface area contributed by atoms with Crippen molar-refractivity contribution in [2.24, 2.45) is 0 Å². The summed E-state index contributed by atoms with van der Waals surface area (Å²) < 4.78 is 42.9. The molecule has 0 bridgehead atoms. The van der Waals surface area contributed by atoms with Gasteiger partial charge in [-0.05, 0) is 31.0 Å². The number of hydroxylamine groups is 1. The Morgan fingerprint density at radius 3 is 2.52 bits per heavy atom. The largest absolute Gasteiger partial charge is 0.479 e. The van der Waals surface area contributed by atoms with E-state index in [1.165, 1.54) is 23.6 Å². The molecule has 0 aliphatic heterocycles. The van der Waals surface area contributed by atoms with E-state index in [-0.39, 0.29) is 18.5 Å². The van der Waals surface area contributed by atoms with E-state index in [1.807, 2.05) is 0 Å². The summed E-state index contributed by atoms with van der Waals surface area (Å²) >= 11 is 0. The van der Waals surface area contributed by atoms with E-state index in [2.05, 4.69) is 10.2 Å². The average molecular weight is 479 g/mol. The Labute approximate surface area is 188 Å². The molecule has 1 unspecified atom stereocenters. The molecule has 0 saturated heterocycles. The van der Waals surface area contributed by atoms with Crippen LogP contribution in [0.15, 0.2) is 47.5 Å². The third-order valence-corrected chi connectivity index (χ3v) is 7.42. The first-order valence-corrected chi connectivity index (χ1v) is 11.5. The van der Waals surface area contributed by atoms with Crippen LogP contribution in [-0.4, -0.2) is 57.2 Å². The number of aromatic nitrogens is 4. The van der Waals surface area contributed by atoms with E-state index in [4.69, 9.17) is 9.94 Å². The fourth-order valence-corrected chi connectivity index (χ4v) is 3.95. The Morgan fingerprint density at radius 2 is 1.97 bits per heavy atom. The highest BCUT2D eigenvalue weighted by Gasteiger charge is 2.43. The normalized spacial score (nSPS) is 13.4. The molecule has 1 atom stereocenters. The Hall–Kier alpha value is -3.58. The predicted octanol–water partition coefficient (Wildman–Crippen LogP) is 0.942. The van der Waals surface area contributed by atoms with Gasteiger partial charge in [-0.15, -0.1) is 9.90 Å². The summed E-state index contributed by atoms with van der Waals surface area (Å²) in [5, 5.41) is 17.0. The Morgan fingerprint density at radius 1 is 1.30 bits per heavy atom. The number of halogens is 1. The van der Waals surface area contributed by atoms with Gasteiger partial charge in [0.05, 0.1) is 12.8 Å². The van der Waals surface area contributed by atoms with Crippen molar-refractivity contribution >= 4 is 15.7 Å². The van der Waals surface area contributed by atoms with Gasteiger partial charge in [0.2, 0.25) is 0 Å². The van der Waals surface area contributed by atoms with Crippen LogP contribution < -0.4 is 15.8 Å². The SMILES string of the molecule is COc1cnn(-c2ccc(-c3cc(=O)n(CCC(C)(C(=O)NO)S(C)(=O)=O)cc3F)cc2)n1. The summed E-state index contributed by atoms with van der Waals surface area (Å²) in [6, 6.07) is 7.57. The van der Waals surface area contributed by atoms with E-state index < -0.39 is 31.9 Å². The molecular formula is C20H22FN5O6S. The van der Waals surface area contributed by atoms with Crippen LogP contribution in [0.4, 0.5) is 4.39 Å². The number of aryl methyl sites for hydroxylation is 1. The highest BCUT2D eigenvalue weighted by atomic mass is 32.2. The number of ether oxygens (including phenoxy) is 1. The van der Waals surface area contributed by atoms with Gasteiger partial charge in [-0.25, -0.2) is 18.3 Å². The quantitative estimate of drug-likeness (QED) is 0.359. The number of hydrogen-bond acceptors (Lipinski definition) is 8. The zero-order chi connectivity index (χ0) is 24.4. The molecule has 0 radical (unpaired) electrons. The van der Waals surface area contributed by atoms with Crippen molar-refractivity contribution in [1.82, 2.24) is 25.0 Å². The third-order valence-electron chi connectivity index (χ3n) is 5.40.